The number of likely N-dealkylation sites (N-methyl/N-ethyl adjacent to an activating group) is 1. The van der Waals surface area contributed by atoms with Crippen molar-refractivity contribution in [2.75, 3.05) is 38.1 Å². The Hall–Kier alpha value is -0.250. The second kappa shape index (κ2) is 5.39. The van der Waals surface area contributed by atoms with E-state index in [0.29, 0.717) is 0 Å². The highest BCUT2D eigenvalue weighted by Crippen LogP contribution is 2.28. The molecule has 1 saturated heterocycles. The van der Waals surface area contributed by atoms with E-state index < -0.39 is 0 Å². The van der Waals surface area contributed by atoms with E-state index in [1.165, 1.54) is 11.3 Å². The number of anilines is 1. The summed E-state index contributed by atoms with van der Waals surface area (Å²) in [6.07, 6.45) is 0. The molecule has 1 aromatic carbocycles. The monoisotopic (exact) mass is 302 g/mol. The number of benzene rings is 1. The Bertz CT molecular complexity index is 362. The van der Waals surface area contributed by atoms with Crippen LogP contribution in [0.2, 0.25) is 5.02 Å². The fourth-order valence-electron chi connectivity index (χ4n) is 1.94. The molecule has 1 heterocycles. The standard InChI is InChI=1S/C12H16BrClN2/c1-15-4-6-16(7-5-15)12-3-2-10(9-13)8-11(12)14/h2-3,8H,4-7,9H2,1H3. The van der Waals surface area contributed by atoms with Gasteiger partial charge in [0.25, 0.3) is 0 Å². The van der Waals surface area contributed by atoms with Gasteiger partial charge >= 0.3 is 0 Å². The van der Waals surface area contributed by atoms with Gasteiger partial charge in [-0.2, -0.15) is 0 Å². The Morgan fingerprint density at radius 2 is 1.94 bits per heavy atom. The van der Waals surface area contributed by atoms with E-state index in [2.05, 4.69) is 44.9 Å². The van der Waals surface area contributed by atoms with Gasteiger partial charge in [0.05, 0.1) is 10.7 Å². The number of alkyl halides is 1. The molecule has 0 aliphatic carbocycles. The molecule has 0 unspecified atom stereocenters. The molecule has 0 spiro atoms. The molecule has 0 bridgehead atoms. The molecule has 2 rings (SSSR count). The van der Waals surface area contributed by atoms with Gasteiger partial charge in [-0.1, -0.05) is 33.6 Å². The second-order valence-corrected chi connectivity index (χ2v) is 5.18. The van der Waals surface area contributed by atoms with Crippen molar-refractivity contribution in [1.29, 1.82) is 0 Å². The van der Waals surface area contributed by atoms with Crippen LogP contribution in [0, 0.1) is 0 Å². The summed E-state index contributed by atoms with van der Waals surface area (Å²) in [6, 6.07) is 6.31. The van der Waals surface area contributed by atoms with Crippen LogP contribution in [0.3, 0.4) is 0 Å². The molecule has 4 heteroatoms. The lowest BCUT2D eigenvalue weighted by atomic mass is 10.2. The highest BCUT2D eigenvalue weighted by Gasteiger charge is 2.16. The van der Waals surface area contributed by atoms with E-state index in [4.69, 9.17) is 11.6 Å². The van der Waals surface area contributed by atoms with Crippen LogP contribution in [0.1, 0.15) is 5.56 Å². The van der Waals surface area contributed by atoms with Gasteiger partial charge in [0.15, 0.2) is 0 Å². The van der Waals surface area contributed by atoms with Crippen molar-refractivity contribution < 1.29 is 0 Å². The van der Waals surface area contributed by atoms with E-state index in [-0.39, 0.29) is 0 Å². The Balaban J connectivity index is 2.14. The molecular formula is C12H16BrClN2. The van der Waals surface area contributed by atoms with Crippen molar-refractivity contribution in [2.24, 2.45) is 0 Å². The molecule has 1 aliphatic rings. The largest absolute Gasteiger partial charge is 0.368 e. The summed E-state index contributed by atoms with van der Waals surface area (Å²) in [6.45, 7) is 4.33. The first kappa shape index (κ1) is 12.2. The lowest BCUT2D eigenvalue weighted by Gasteiger charge is -2.34. The van der Waals surface area contributed by atoms with Gasteiger partial charge in [-0.3, -0.25) is 0 Å². The van der Waals surface area contributed by atoms with Gasteiger partial charge in [0.2, 0.25) is 0 Å². The minimum atomic E-state index is 0.857. The molecule has 88 valence electrons. The van der Waals surface area contributed by atoms with Crippen molar-refractivity contribution in [3.63, 3.8) is 0 Å². The first-order valence-corrected chi connectivity index (χ1v) is 6.98. The minimum absolute atomic E-state index is 0.857. The maximum Gasteiger partial charge on any atom is 0.0642 e. The van der Waals surface area contributed by atoms with Crippen LogP contribution >= 0.6 is 27.5 Å². The van der Waals surface area contributed by atoms with Gasteiger partial charge in [0, 0.05) is 31.5 Å². The zero-order chi connectivity index (χ0) is 11.5. The minimum Gasteiger partial charge on any atom is -0.368 e. The predicted molar refractivity (Wildman–Crippen MR) is 73.8 cm³/mol. The Labute approximate surface area is 110 Å². The molecule has 2 nitrogen and oxygen atoms in total. The summed E-state index contributed by atoms with van der Waals surface area (Å²) < 4.78 is 0. The maximum atomic E-state index is 6.30. The average Bonchev–Trinajstić information content (AvgIpc) is 2.30. The first-order chi connectivity index (χ1) is 7.70. The summed E-state index contributed by atoms with van der Waals surface area (Å²) in [7, 11) is 2.16. The fourth-order valence-corrected chi connectivity index (χ4v) is 2.61. The summed E-state index contributed by atoms with van der Waals surface area (Å²) in [4.78, 5) is 4.71. The number of halogens is 2. The van der Waals surface area contributed by atoms with E-state index >= 15 is 0 Å². The average molecular weight is 304 g/mol. The zero-order valence-electron chi connectivity index (χ0n) is 9.42. The number of hydrogen-bond donors (Lipinski definition) is 0. The van der Waals surface area contributed by atoms with Crippen molar-refractivity contribution in [3.05, 3.63) is 28.8 Å². The SMILES string of the molecule is CN1CCN(c2ccc(CBr)cc2Cl)CC1. The molecule has 0 radical (unpaired) electrons. The van der Waals surface area contributed by atoms with Gasteiger partial charge < -0.3 is 9.80 Å². The lowest BCUT2D eigenvalue weighted by molar-refractivity contribution is 0.313. The van der Waals surface area contributed by atoms with Crippen LogP contribution in [0.5, 0.6) is 0 Å². The molecule has 0 N–H and O–H groups in total. The molecule has 0 saturated carbocycles. The topological polar surface area (TPSA) is 6.48 Å². The van der Waals surface area contributed by atoms with Crippen LogP contribution in [0.25, 0.3) is 0 Å². The van der Waals surface area contributed by atoms with E-state index in [9.17, 15) is 0 Å². The lowest BCUT2D eigenvalue weighted by Crippen LogP contribution is -2.44. The molecule has 1 aliphatic heterocycles. The normalized spacial score (nSPS) is 17.8. The quantitative estimate of drug-likeness (QED) is 0.775. The summed E-state index contributed by atoms with van der Waals surface area (Å²) in [5.74, 6) is 0. The summed E-state index contributed by atoms with van der Waals surface area (Å²) in [5.41, 5.74) is 2.39. The van der Waals surface area contributed by atoms with Crippen LogP contribution in [-0.4, -0.2) is 38.1 Å². The highest BCUT2D eigenvalue weighted by atomic mass is 79.9. The summed E-state index contributed by atoms with van der Waals surface area (Å²) >= 11 is 9.74. The maximum absolute atomic E-state index is 6.30. The van der Waals surface area contributed by atoms with Crippen LogP contribution in [0.15, 0.2) is 18.2 Å². The van der Waals surface area contributed by atoms with Gasteiger partial charge in [-0.15, -0.1) is 0 Å². The molecule has 1 aromatic rings. The zero-order valence-corrected chi connectivity index (χ0v) is 11.8. The van der Waals surface area contributed by atoms with E-state index in [1.807, 2.05) is 6.07 Å². The molecule has 16 heavy (non-hydrogen) atoms. The summed E-state index contributed by atoms with van der Waals surface area (Å²) in [5, 5.41) is 1.72. The fraction of sp³-hybridized carbons (Fsp3) is 0.500. The van der Waals surface area contributed by atoms with E-state index in [1.54, 1.807) is 0 Å². The molecule has 0 amide bonds. The first-order valence-electron chi connectivity index (χ1n) is 5.48. The van der Waals surface area contributed by atoms with Crippen molar-refractivity contribution in [3.8, 4) is 0 Å². The third-order valence-corrected chi connectivity index (χ3v) is 3.96. The van der Waals surface area contributed by atoms with Gasteiger partial charge in [-0.25, -0.2) is 0 Å². The van der Waals surface area contributed by atoms with Crippen LogP contribution in [-0.2, 0) is 5.33 Å². The molecule has 0 aromatic heterocycles. The molecular weight excluding hydrogens is 288 g/mol. The number of rotatable bonds is 2. The number of piperazine rings is 1. The van der Waals surface area contributed by atoms with Gasteiger partial charge in [-0.05, 0) is 24.7 Å². The van der Waals surface area contributed by atoms with Crippen molar-refractivity contribution >= 4 is 33.2 Å². The van der Waals surface area contributed by atoms with E-state index in [0.717, 1.165) is 36.5 Å². The Kier molecular flexibility index (Phi) is 4.11. The third kappa shape index (κ3) is 2.70. The van der Waals surface area contributed by atoms with Crippen molar-refractivity contribution in [1.82, 2.24) is 4.90 Å². The second-order valence-electron chi connectivity index (χ2n) is 4.21. The molecule has 0 atom stereocenters. The highest BCUT2D eigenvalue weighted by molar-refractivity contribution is 9.08. The number of hydrogen-bond acceptors (Lipinski definition) is 2. The predicted octanol–water partition coefficient (Wildman–Crippen LogP) is 2.99. The third-order valence-electron chi connectivity index (χ3n) is 3.01. The van der Waals surface area contributed by atoms with Crippen LogP contribution in [0.4, 0.5) is 5.69 Å². The molecule has 1 fully saturated rings. The van der Waals surface area contributed by atoms with Crippen molar-refractivity contribution in [2.45, 2.75) is 5.33 Å². The Morgan fingerprint density at radius 1 is 1.25 bits per heavy atom. The Morgan fingerprint density at radius 3 is 2.50 bits per heavy atom. The number of nitrogens with zero attached hydrogens (tertiary/aromatic N) is 2. The van der Waals surface area contributed by atoms with Gasteiger partial charge in [0.1, 0.15) is 0 Å². The van der Waals surface area contributed by atoms with Crippen LogP contribution < -0.4 is 4.90 Å². The smallest absolute Gasteiger partial charge is 0.0642 e.